The minimum Gasteiger partial charge on any atom is -0.497 e. The zero-order chi connectivity index (χ0) is 21.4. The molecule has 8 heteroatoms. The van der Waals surface area contributed by atoms with E-state index in [1.54, 1.807) is 17.0 Å². The Kier molecular flexibility index (Phi) is 5.46. The quantitative estimate of drug-likeness (QED) is 0.703. The van der Waals surface area contributed by atoms with E-state index < -0.39 is 15.4 Å². The Labute approximate surface area is 177 Å². The van der Waals surface area contributed by atoms with Gasteiger partial charge < -0.3 is 14.4 Å². The van der Waals surface area contributed by atoms with Gasteiger partial charge >= 0.3 is 0 Å². The Morgan fingerprint density at radius 2 is 1.60 bits per heavy atom. The van der Waals surface area contributed by atoms with Crippen LogP contribution in [-0.4, -0.2) is 63.9 Å². The fourth-order valence-electron chi connectivity index (χ4n) is 4.07. The number of benzene rings is 2. The first kappa shape index (κ1) is 20.7. The van der Waals surface area contributed by atoms with Gasteiger partial charge in [0.2, 0.25) is 15.9 Å². The van der Waals surface area contributed by atoms with Gasteiger partial charge in [-0.25, -0.2) is 8.42 Å². The summed E-state index contributed by atoms with van der Waals surface area (Å²) in [4.78, 5) is 15.1. The molecule has 1 aliphatic heterocycles. The molecule has 4 rings (SSSR count). The molecule has 0 spiro atoms. The molecule has 30 heavy (non-hydrogen) atoms. The van der Waals surface area contributed by atoms with E-state index in [0.29, 0.717) is 18.8 Å². The molecule has 0 bridgehead atoms. The summed E-state index contributed by atoms with van der Waals surface area (Å²) in [6, 6.07) is 14.6. The molecular formula is C22H26N2O5S. The summed E-state index contributed by atoms with van der Waals surface area (Å²) >= 11 is 0. The van der Waals surface area contributed by atoms with E-state index in [4.69, 9.17) is 9.47 Å². The largest absolute Gasteiger partial charge is 0.497 e. The van der Waals surface area contributed by atoms with Crippen LogP contribution >= 0.6 is 0 Å². The second kappa shape index (κ2) is 7.92. The summed E-state index contributed by atoms with van der Waals surface area (Å²) in [6.07, 6.45) is 1.69. The van der Waals surface area contributed by atoms with Crippen LogP contribution in [0.2, 0.25) is 0 Å². The van der Waals surface area contributed by atoms with Crippen LogP contribution in [0.15, 0.2) is 53.4 Å². The molecule has 0 aromatic heterocycles. The Morgan fingerprint density at radius 1 is 0.933 bits per heavy atom. The predicted octanol–water partition coefficient (Wildman–Crippen LogP) is 2.27. The van der Waals surface area contributed by atoms with Gasteiger partial charge in [-0.3, -0.25) is 4.79 Å². The number of sulfonamides is 1. The van der Waals surface area contributed by atoms with E-state index >= 15 is 0 Å². The first-order chi connectivity index (χ1) is 14.4. The first-order valence-electron chi connectivity index (χ1n) is 9.99. The zero-order valence-corrected chi connectivity index (χ0v) is 18.0. The van der Waals surface area contributed by atoms with E-state index in [1.807, 2.05) is 30.3 Å². The van der Waals surface area contributed by atoms with Crippen LogP contribution in [0.3, 0.4) is 0 Å². The number of rotatable bonds is 6. The van der Waals surface area contributed by atoms with E-state index in [1.165, 1.54) is 24.6 Å². The molecule has 7 nitrogen and oxygen atoms in total. The summed E-state index contributed by atoms with van der Waals surface area (Å²) in [7, 11) is -0.838. The number of hydrogen-bond acceptors (Lipinski definition) is 5. The summed E-state index contributed by atoms with van der Waals surface area (Å²) < 4.78 is 38.3. The Bertz CT molecular complexity index is 1030. The molecule has 1 saturated heterocycles. The van der Waals surface area contributed by atoms with Crippen molar-refractivity contribution < 1.29 is 22.7 Å². The third-order valence-electron chi connectivity index (χ3n) is 6.00. The lowest BCUT2D eigenvalue weighted by Crippen LogP contribution is -2.52. The number of carbonyl (C=O) groups excluding carboxylic acids is 1. The van der Waals surface area contributed by atoms with Crippen molar-refractivity contribution in [3.05, 3.63) is 54.1 Å². The van der Waals surface area contributed by atoms with Gasteiger partial charge in [0.25, 0.3) is 0 Å². The van der Waals surface area contributed by atoms with Crippen LogP contribution in [-0.2, 0) is 20.2 Å². The summed E-state index contributed by atoms with van der Waals surface area (Å²) in [5, 5.41) is 0. The van der Waals surface area contributed by atoms with Crippen LogP contribution in [0.4, 0.5) is 0 Å². The maximum Gasteiger partial charge on any atom is 0.247 e. The fraction of sp³-hybridized carbons (Fsp3) is 0.409. The van der Waals surface area contributed by atoms with Gasteiger partial charge in [-0.15, -0.1) is 0 Å². The van der Waals surface area contributed by atoms with Crippen LogP contribution in [0.5, 0.6) is 11.5 Å². The molecule has 2 aliphatic rings. The van der Waals surface area contributed by atoms with Crippen LogP contribution in [0.1, 0.15) is 18.4 Å². The average molecular weight is 431 g/mol. The topological polar surface area (TPSA) is 76.2 Å². The molecule has 0 unspecified atom stereocenters. The highest BCUT2D eigenvalue weighted by Gasteiger charge is 2.53. The lowest BCUT2D eigenvalue weighted by molar-refractivity contribution is -0.135. The lowest BCUT2D eigenvalue weighted by Gasteiger charge is -2.36. The predicted molar refractivity (Wildman–Crippen MR) is 112 cm³/mol. The average Bonchev–Trinajstić information content (AvgIpc) is 3.61. The second-order valence-corrected chi connectivity index (χ2v) is 9.57. The molecule has 1 heterocycles. The summed E-state index contributed by atoms with van der Waals surface area (Å²) in [6.45, 7) is 1.25. The maximum absolute atomic E-state index is 13.2. The Morgan fingerprint density at radius 3 is 2.17 bits per heavy atom. The van der Waals surface area contributed by atoms with Crippen molar-refractivity contribution in [3.63, 3.8) is 0 Å². The van der Waals surface area contributed by atoms with Crippen LogP contribution < -0.4 is 9.47 Å². The maximum atomic E-state index is 13.2. The molecule has 0 N–H and O–H groups in total. The minimum atomic E-state index is -3.77. The SMILES string of the molecule is COc1ccc(OC)c(S(=O)(=O)N2CCN(C(=O)C3(c4ccccc4)CC3)CC2)c1. The van der Waals surface area contributed by atoms with Gasteiger partial charge in [0.05, 0.1) is 19.6 Å². The number of nitrogens with zero attached hydrogens (tertiary/aromatic N) is 2. The molecule has 2 fully saturated rings. The van der Waals surface area contributed by atoms with Crippen molar-refractivity contribution in [2.75, 3.05) is 40.4 Å². The van der Waals surface area contributed by atoms with E-state index in [2.05, 4.69) is 0 Å². The first-order valence-corrected chi connectivity index (χ1v) is 11.4. The normalized spacial score (nSPS) is 18.7. The van der Waals surface area contributed by atoms with Crippen molar-refractivity contribution in [1.82, 2.24) is 9.21 Å². The lowest BCUT2D eigenvalue weighted by atomic mass is 9.94. The third kappa shape index (κ3) is 3.54. The molecule has 1 saturated carbocycles. The number of piperazine rings is 1. The number of carbonyl (C=O) groups is 1. The summed E-state index contributed by atoms with van der Waals surface area (Å²) in [5.74, 6) is 0.821. The van der Waals surface area contributed by atoms with Gasteiger partial charge in [-0.05, 0) is 30.5 Å². The zero-order valence-electron chi connectivity index (χ0n) is 17.2. The highest BCUT2D eigenvalue weighted by atomic mass is 32.2. The molecule has 2 aromatic rings. The number of hydrogen-bond donors (Lipinski definition) is 0. The monoisotopic (exact) mass is 430 g/mol. The van der Waals surface area contributed by atoms with Crippen molar-refractivity contribution in [2.45, 2.75) is 23.2 Å². The molecule has 2 aromatic carbocycles. The van der Waals surface area contributed by atoms with Crippen molar-refractivity contribution >= 4 is 15.9 Å². The summed E-state index contributed by atoms with van der Waals surface area (Å²) in [5.41, 5.74) is 0.615. The molecule has 1 amide bonds. The smallest absolute Gasteiger partial charge is 0.247 e. The van der Waals surface area contributed by atoms with E-state index in [0.717, 1.165) is 18.4 Å². The highest BCUT2D eigenvalue weighted by Crippen LogP contribution is 2.49. The van der Waals surface area contributed by atoms with E-state index in [9.17, 15) is 13.2 Å². The van der Waals surface area contributed by atoms with Gasteiger partial charge in [0, 0.05) is 32.2 Å². The minimum absolute atomic E-state index is 0.0760. The Hall–Kier alpha value is -2.58. The molecule has 1 aliphatic carbocycles. The standard InChI is InChI=1S/C22H26N2O5S/c1-28-18-8-9-19(29-2)20(16-18)30(26,27)24-14-12-23(13-15-24)21(25)22(10-11-22)17-6-4-3-5-7-17/h3-9,16H,10-15H2,1-2H3. The van der Waals surface area contributed by atoms with E-state index in [-0.39, 0.29) is 29.6 Å². The van der Waals surface area contributed by atoms with Crippen molar-refractivity contribution in [2.24, 2.45) is 0 Å². The molecule has 160 valence electrons. The van der Waals surface area contributed by atoms with Gasteiger partial charge in [-0.2, -0.15) is 4.31 Å². The molecule has 0 atom stereocenters. The molecule has 0 radical (unpaired) electrons. The van der Waals surface area contributed by atoms with Gasteiger partial charge in [0.1, 0.15) is 16.4 Å². The van der Waals surface area contributed by atoms with Crippen LogP contribution in [0.25, 0.3) is 0 Å². The molecular weight excluding hydrogens is 404 g/mol. The number of methoxy groups -OCH3 is 2. The number of ether oxygens (including phenoxy) is 2. The third-order valence-corrected chi connectivity index (χ3v) is 7.92. The van der Waals surface area contributed by atoms with Crippen molar-refractivity contribution in [3.8, 4) is 11.5 Å². The fourth-order valence-corrected chi connectivity index (χ4v) is 5.66. The highest BCUT2D eigenvalue weighted by molar-refractivity contribution is 7.89. The number of amides is 1. The van der Waals surface area contributed by atoms with Gasteiger partial charge in [-0.1, -0.05) is 30.3 Å². The Balaban J connectivity index is 1.49. The second-order valence-electron chi connectivity index (χ2n) is 7.66. The van der Waals surface area contributed by atoms with Gasteiger partial charge in [0.15, 0.2) is 0 Å². The van der Waals surface area contributed by atoms with Crippen LogP contribution in [0, 0.1) is 0 Å². The van der Waals surface area contributed by atoms with Crippen molar-refractivity contribution in [1.29, 1.82) is 0 Å².